The van der Waals surface area contributed by atoms with E-state index in [1.807, 2.05) is 13.8 Å². The van der Waals surface area contributed by atoms with Gasteiger partial charge in [0.1, 0.15) is 0 Å². The molecule has 0 amide bonds. The zero-order valence-electron chi connectivity index (χ0n) is 8.78. The first-order chi connectivity index (χ1) is 6.56. The second-order valence-corrected chi connectivity index (χ2v) is 3.00. The standard InChI is InChI=1S/C11H16O3/c1-9(7-12)5-4-6-10(2)8-14-11(3)13/h4-6,8,12H,7H2,1-3H3. The minimum absolute atomic E-state index is 0.0526. The van der Waals surface area contributed by atoms with Gasteiger partial charge in [-0.2, -0.15) is 0 Å². The first-order valence-electron chi connectivity index (χ1n) is 4.35. The lowest BCUT2D eigenvalue weighted by molar-refractivity contribution is -0.135. The number of ether oxygens (including phenoxy) is 1. The Bertz CT molecular complexity index is 272. The van der Waals surface area contributed by atoms with Crippen molar-refractivity contribution in [1.82, 2.24) is 0 Å². The van der Waals surface area contributed by atoms with E-state index in [9.17, 15) is 4.79 Å². The van der Waals surface area contributed by atoms with Crippen LogP contribution in [0.25, 0.3) is 0 Å². The number of hydrogen-bond donors (Lipinski definition) is 1. The topological polar surface area (TPSA) is 46.5 Å². The van der Waals surface area contributed by atoms with Crippen LogP contribution in [0.3, 0.4) is 0 Å². The van der Waals surface area contributed by atoms with Gasteiger partial charge in [-0.25, -0.2) is 0 Å². The Morgan fingerprint density at radius 2 is 2.00 bits per heavy atom. The Kier molecular flexibility index (Phi) is 6.41. The number of esters is 1. The Morgan fingerprint density at radius 3 is 2.50 bits per heavy atom. The molecule has 0 aliphatic heterocycles. The largest absolute Gasteiger partial charge is 0.434 e. The van der Waals surface area contributed by atoms with Crippen LogP contribution in [0.1, 0.15) is 20.8 Å². The number of aliphatic hydroxyl groups excluding tert-OH is 1. The number of carbonyl (C=O) groups excluding carboxylic acids is 1. The molecule has 0 bridgehead atoms. The van der Waals surface area contributed by atoms with Crippen molar-refractivity contribution in [3.63, 3.8) is 0 Å². The van der Waals surface area contributed by atoms with E-state index in [4.69, 9.17) is 5.11 Å². The van der Waals surface area contributed by atoms with Crippen LogP contribution in [0.4, 0.5) is 0 Å². The lowest BCUT2D eigenvalue weighted by Gasteiger charge is -1.93. The van der Waals surface area contributed by atoms with E-state index in [0.29, 0.717) is 0 Å². The predicted octanol–water partition coefficient (Wildman–Crippen LogP) is 1.95. The fraction of sp³-hybridized carbons (Fsp3) is 0.364. The van der Waals surface area contributed by atoms with Crippen molar-refractivity contribution >= 4 is 5.97 Å². The molecule has 0 fully saturated rings. The molecule has 0 aliphatic rings. The average Bonchev–Trinajstić information content (AvgIpc) is 2.14. The zero-order valence-corrected chi connectivity index (χ0v) is 8.78. The Morgan fingerprint density at radius 1 is 1.36 bits per heavy atom. The van der Waals surface area contributed by atoms with Crippen LogP contribution in [0.15, 0.2) is 35.6 Å². The van der Waals surface area contributed by atoms with E-state index in [-0.39, 0.29) is 12.6 Å². The van der Waals surface area contributed by atoms with Crippen LogP contribution < -0.4 is 0 Å². The summed E-state index contributed by atoms with van der Waals surface area (Å²) in [5.41, 5.74) is 1.71. The number of hydrogen-bond acceptors (Lipinski definition) is 3. The first-order valence-corrected chi connectivity index (χ1v) is 4.35. The molecule has 0 aliphatic carbocycles. The van der Waals surface area contributed by atoms with Crippen molar-refractivity contribution in [3.8, 4) is 0 Å². The second-order valence-electron chi connectivity index (χ2n) is 3.00. The number of rotatable bonds is 4. The van der Waals surface area contributed by atoms with Crippen molar-refractivity contribution in [2.24, 2.45) is 0 Å². The molecule has 3 heteroatoms. The van der Waals surface area contributed by atoms with Crippen LogP contribution >= 0.6 is 0 Å². The van der Waals surface area contributed by atoms with Crippen LogP contribution in [0.5, 0.6) is 0 Å². The molecule has 0 radical (unpaired) electrons. The summed E-state index contributed by atoms with van der Waals surface area (Å²) in [6.45, 7) is 5.05. The summed E-state index contributed by atoms with van der Waals surface area (Å²) in [5.74, 6) is -0.333. The molecular formula is C11H16O3. The van der Waals surface area contributed by atoms with E-state index < -0.39 is 0 Å². The highest BCUT2D eigenvalue weighted by Gasteiger charge is 1.87. The van der Waals surface area contributed by atoms with Crippen molar-refractivity contribution in [2.75, 3.05) is 6.61 Å². The molecule has 0 spiro atoms. The van der Waals surface area contributed by atoms with Gasteiger partial charge in [-0.05, 0) is 25.0 Å². The summed E-state index contributed by atoms with van der Waals surface area (Å²) in [5, 5.41) is 8.69. The van der Waals surface area contributed by atoms with Crippen molar-refractivity contribution < 1.29 is 14.6 Å². The predicted molar refractivity (Wildman–Crippen MR) is 55.5 cm³/mol. The van der Waals surface area contributed by atoms with E-state index >= 15 is 0 Å². The molecule has 0 saturated heterocycles. The summed E-state index contributed by atoms with van der Waals surface area (Å²) in [7, 11) is 0. The second kappa shape index (κ2) is 7.09. The molecule has 1 N–H and O–H groups in total. The molecule has 0 unspecified atom stereocenters. The minimum Gasteiger partial charge on any atom is -0.434 e. The molecule has 0 aromatic rings. The molecule has 0 heterocycles. The third-order valence-corrected chi connectivity index (χ3v) is 1.40. The maximum atomic E-state index is 10.4. The van der Waals surface area contributed by atoms with Gasteiger partial charge in [-0.1, -0.05) is 18.2 Å². The van der Waals surface area contributed by atoms with Gasteiger partial charge in [0, 0.05) is 6.92 Å². The van der Waals surface area contributed by atoms with E-state index in [1.54, 1.807) is 18.2 Å². The van der Waals surface area contributed by atoms with Crippen molar-refractivity contribution in [1.29, 1.82) is 0 Å². The van der Waals surface area contributed by atoms with E-state index in [0.717, 1.165) is 11.1 Å². The van der Waals surface area contributed by atoms with Crippen LogP contribution in [0.2, 0.25) is 0 Å². The van der Waals surface area contributed by atoms with E-state index in [1.165, 1.54) is 13.2 Å². The van der Waals surface area contributed by atoms with Gasteiger partial charge in [0.05, 0.1) is 12.9 Å². The molecule has 78 valence electrons. The number of carbonyl (C=O) groups is 1. The van der Waals surface area contributed by atoms with Gasteiger partial charge in [0.25, 0.3) is 0 Å². The molecular weight excluding hydrogens is 180 g/mol. The molecule has 0 atom stereocenters. The number of allylic oxidation sites excluding steroid dienone is 4. The van der Waals surface area contributed by atoms with Crippen LogP contribution in [-0.2, 0) is 9.53 Å². The highest BCUT2D eigenvalue weighted by Crippen LogP contribution is 1.98. The SMILES string of the molecule is CC(=O)OC=C(C)C=CC=C(C)CO. The highest BCUT2D eigenvalue weighted by atomic mass is 16.5. The van der Waals surface area contributed by atoms with Gasteiger partial charge in [0.15, 0.2) is 0 Å². The van der Waals surface area contributed by atoms with Crippen LogP contribution in [0, 0.1) is 0 Å². The van der Waals surface area contributed by atoms with Gasteiger partial charge < -0.3 is 9.84 Å². The summed E-state index contributed by atoms with van der Waals surface area (Å²) >= 11 is 0. The third kappa shape index (κ3) is 7.31. The summed E-state index contributed by atoms with van der Waals surface area (Å²) in [6, 6.07) is 0. The van der Waals surface area contributed by atoms with Gasteiger partial charge in [-0.3, -0.25) is 4.79 Å². The van der Waals surface area contributed by atoms with Gasteiger partial charge in [-0.15, -0.1) is 0 Å². The molecule has 3 nitrogen and oxygen atoms in total. The molecule has 14 heavy (non-hydrogen) atoms. The van der Waals surface area contributed by atoms with E-state index in [2.05, 4.69) is 4.74 Å². The lowest BCUT2D eigenvalue weighted by atomic mass is 10.2. The fourth-order valence-electron chi connectivity index (χ4n) is 0.632. The molecule has 0 saturated carbocycles. The quantitative estimate of drug-likeness (QED) is 0.424. The Balaban J connectivity index is 4.11. The minimum atomic E-state index is -0.333. The first kappa shape index (κ1) is 12.7. The summed E-state index contributed by atoms with van der Waals surface area (Å²) in [6.07, 6.45) is 6.77. The molecule has 0 rings (SSSR count). The fourth-order valence-corrected chi connectivity index (χ4v) is 0.632. The van der Waals surface area contributed by atoms with Crippen molar-refractivity contribution in [2.45, 2.75) is 20.8 Å². The normalized spacial score (nSPS) is 13.4. The summed E-state index contributed by atoms with van der Waals surface area (Å²) in [4.78, 5) is 10.4. The highest BCUT2D eigenvalue weighted by molar-refractivity contribution is 5.66. The zero-order chi connectivity index (χ0) is 11.0. The third-order valence-electron chi connectivity index (χ3n) is 1.40. The molecule has 0 aromatic heterocycles. The smallest absolute Gasteiger partial charge is 0.307 e. The number of aliphatic hydroxyl groups is 1. The lowest BCUT2D eigenvalue weighted by Crippen LogP contribution is -1.90. The van der Waals surface area contributed by atoms with Crippen molar-refractivity contribution in [3.05, 3.63) is 35.6 Å². The average molecular weight is 196 g/mol. The maximum absolute atomic E-state index is 10.4. The monoisotopic (exact) mass is 196 g/mol. The van der Waals surface area contributed by atoms with Crippen LogP contribution in [-0.4, -0.2) is 17.7 Å². The Hall–Kier alpha value is -1.35. The maximum Gasteiger partial charge on any atom is 0.307 e. The Labute approximate surface area is 84.4 Å². The summed E-state index contributed by atoms with van der Waals surface area (Å²) < 4.78 is 4.67. The molecule has 0 aromatic carbocycles. The van der Waals surface area contributed by atoms with Gasteiger partial charge >= 0.3 is 5.97 Å². The van der Waals surface area contributed by atoms with Gasteiger partial charge in [0.2, 0.25) is 0 Å².